The molecule has 0 unspecified atom stereocenters. The van der Waals surface area contributed by atoms with Crippen LogP contribution in [0.1, 0.15) is 35.6 Å². The fourth-order valence-corrected chi connectivity index (χ4v) is 2.24. The predicted octanol–water partition coefficient (Wildman–Crippen LogP) is 2.35. The van der Waals surface area contributed by atoms with Gasteiger partial charge in [0.2, 0.25) is 5.79 Å². The summed E-state index contributed by atoms with van der Waals surface area (Å²) >= 11 is 0. The van der Waals surface area contributed by atoms with Crippen LogP contribution in [-0.2, 0) is 6.42 Å². The van der Waals surface area contributed by atoms with Gasteiger partial charge in [-0.1, -0.05) is 0 Å². The van der Waals surface area contributed by atoms with Gasteiger partial charge in [0.15, 0.2) is 0 Å². The second-order valence-corrected chi connectivity index (χ2v) is 4.81. The smallest absolute Gasteiger partial charge is 0.205 e. The highest BCUT2D eigenvalue weighted by atomic mass is 16.6. The van der Waals surface area contributed by atoms with Crippen LogP contribution in [-0.4, -0.2) is 16.0 Å². The number of fused-ring (bicyclic) bond motifs is 1. The van der Waals surface area contributed by atoms with Gasteiger partial charge in [0.25, 0.3) is 0 Å². The minimum Gasteiger partial charge on any atom is -0.507 e. The maximum absolute atomic E-state index is 9.96. The van der Waals surface area contributed by atoms with Gasteiger partial charge in [-0.2, -0.15) is 0 Å². The number of phenolic OH excluding ortho intramolecular Hbond substituents is 1. The molecule has 1 aliphatic rings. The Morgan fingerprint density at radius 3 is 2.38 bits per heavy atom. The van der Waals surface area contributed by atoms with Crippen molar-refractivity contribution >= 4 is 0 Å². The first-order chi connectivity index (χ1) is 7.33. The van der Waals surface area contributed by atoms with E-state index < -0.39 is 5.79 Å². The van der Waals surface area contributed by atoms with Crippen LogP contribution in [0.2, 0.25) is 0 Å². The average Bonchev–Trinajstić information content (AvgIpc) is 2.22. The van der Waals surface area contributed by atoms with E-state index in [1.807, 2.05) is 20.8 Å². The van der Waals surface area contributed by atoms with E-state index in [0.29, 0.717) is 12.2 Å². The molecule has 2 rings (SSSR count). The molecule has 88 valence electrons. The summed E-state index contributed by atoms with van der Waals surface area (Å²) in [6.45, 7) is 7.34. The van der Waals surface area contributed by atoms with Crippen molar-refractivity contribution < 1.29 is 14.9 Å². The quantitative estimate of drug-likeness (QED) is 0.708. The SMILES string of the molecule is Cc1c(C)c2c(c(C)c1O)CC[C@](C)(O)O2. The summed E-state index contributed by atoms with van der Waals surface area (Å²) in [6, 6.07) is 0. The van der Waals surface area contributed by atoms with E-state index >= 15 is 0 Å². The maximum atomic E-state index is 9.96. The number of benzene rings is 1. The zero-order valence-corrected chi connectivity index (χ0v) is 10.2. The largest absolute Gasteiger partial charge is 0.507 e. The summed E-state index contributed by atoms with van der Waals surface area (Å²) in [6.07, 6.45) is 1.30. The second-order valence-electron chi connectivity index (χ2n) is 4.81. The molecule has 2 N–H and O–H groups in total. The van der Waals surface area contributed by atoms with E-state index in [4.69, 9.17) is 4.74 Å². The zero-order valence-electron chi connectivity index (χ0n) is 10.2. The first-order valence-corrected chi connectivity index (χ1v) is 5.56. The first-order valence-electron chi connectivity index (χ1n) is 5.56. The summed E-state index contributed by atoms with van der Waals surface area (Å²) in [5, 5.41) is 19.9. The van der Waals surface area contributed by atoms with Gasteiger partial charge >= 0.3 is 0 Å². The first kappa shape index (κ1) is 11.3. The van der Waals surface area contributed by atoms with Crippen LogP contribution in [0.25, 0.3) is 0 Å². The van der Waals surface area contributed by atoms with E-state index in [1.165, 1.54) is 0 Å². The van der Waals surface area contributed by atoms with E-state index in [9.17, 15) is 10.2 Å². The monoisotopic (exact) mass is 222 g/mol. The van der Waals surface area contributed by atoms with Gasteiger partial charge in [0, 0.05) is 18.9 Å². The van der Waals surface area contributed by atoms with Crippen LogP contribution in [0.15, 0.2) is 0 Å². The van der Waals surface area contributed by atoms with Crippen molar-refractivity contribution in [3.05, 3.63) is 22.3 Å². The van der Waals surface area contributed by atoms with Crippen LogP contribution < -0.4 is 4.74 Å². The van der Waals surface area contributed by atoms with Crippen molar-refractivity contribution in [1.29, 1.82) is 0 Å². The Hall–Kier alpha value is -1.22. The van der Waals surface area contributed by atoms with Crippen LogP contribution in [0.4, 0.5) is 0 Å². The van der Waals surface area contributed by atoms with E-state index in [0.717, 1.165) is 34.4 Å². The molecule has 0 spiro atoms. The van der Waals surface area contributed by atoms with Crippen LogP contribution >= 0.6 is 0 Å². The molecular weight excluding hydrogens is 204 g/mol. The predicted molar refractivity (Wildman–Crippen MR) is 61.9 cm³/mol. The number of rotatable bonds is 0. The highest BCUT2D eigenvalue weighted by Crippen LogP contribution is 2.42. The molecule has 0 aliphatic carbocycles. The molecule has 1 heterocycles. The lowest BCUT2D eigenvalue weighted by molar-refractivity contribution is -0.134. The summed E-state index contributed by atoms with van der Waals surface area (Å²) in [5.41, 5.74) is 3.63. The number of aromatic hydroxyl groups is 1. The molecule has 3 nitrogen and oxygen atoms in total. The highest BCUT2D eigenvalue weighted by Gasteiger charge is 2.32. The molecule has 1 atom stereocenters. The molecule has 0 saturated carbocycles. The Labute approximate surface area is 95.7 Å². The lowest BCUT2D eigenvalue weighted by Crippen LogP contribution is -2.36. The van der Waals surface area contributed by atoms with Gasteiger partial charge in [-0.05, 0) is 43.9 Å². The normalized spacial score (nSPS) is 23.8. The van der Waals surface area contributed by atoms with E-state index in [1.54, 1.807) is 6.92 Å². The third-order valence-electron chi connectivity index (χ3n) is 3.50. The molecule has 1 aliphatic heterocycles. The molecule has 1 aromatic carbocycles. The van der Waals surface area contributed by atoms with Crippen molar-refractivity contribution in [3.8, 4) is 11.5 Å². The minimum absolute atomic E-state index is 0.349. The van der Waals surface area contributed by atoms with Crippen molar-refractivity contribution in [2.75, 3.05) is 0 Å². The van der Waals surface area contributed by atoms with Crippen molar-refractivity contribution in [2.24, 2.45) is 0 Å². The van der Waals surface area contributed by atoms with Gasteiger partial charge in [0.1, 0.15) is 11.5 Å². The molecule has 0 fully saturated rings. The Bertz CT molecular complexity index is 447. The molecule has 0 bridgehead atoms. The third kappa shape index (κ3) is 1.55. The molecule has 0 radical (unpaired) electrons. The van der Waals surface area contributed by atoms with Crippen LogP contribution in [0.3, 0.4) is 0 Å². The standard InChI is InChI=1S/C13H18O3/c1-7-8(2)12-10(9(3)11(7)14)5-6-13(4,15)16-12/h14-15H,5-6H2,1-4H3/t13-/m1/s1. The molecule has 0 aromatic heterocycles. The van der Waals surface area contributed by atoms with Crippen molar-refractivity contribution in [2.45, 2.75) is 46.3 Å². The van der Waals surface area contributed by atoms with Crippen LogP contribution in [0.5, 0.6) is 11.5 Å². The summed E-state index contributed by atoms with van der Waals surface area (Å²) in [5.74, 6) is -0.00130. The van der Waals surface area contributed by atoms with E-state index in [2.05, 4.69) is 0 Å². The molecule has 0 amide bonds. The Balaban J connectivity index is 2.65. The lowest BCUT2D eigenvalue weighted by atomic mass is 9.91. The van der Waals surface area contributed by atoms with E-state index in [-0.39, 0.29) is 0 Å². The fraction of sp³-hybridized carbons (Fsp3) is 0.538. The molecule has 1 aromatic rings. The van der Waals surface area contributed by atoms with Crippen molar-refractivity contribution in [1.82, 2.24) is 0 Å². The summed E-state index contributed by atoms with van der Waals surface area (Å²) in [4.78, 5) is 0. The Morgan fingerprint density at radius 2 is 1.75 bits per heavy atom. The van der Waals surface area contributed by atoms with Gasteiger partial charge < -0.3 is 14.9 Å². The highest BCUT2D eigenvalue weighted by molar-refractivity contribution is 5.58. The molecule has 0 saturated heterocycles. The van der Waals surface area contributed by atoms with Gasteiger partial charge in [0.05, 0.1) is 0 Å². The number of hydrogen-bond acceptors (Lipinski definition) is 3. The number of phenols is 1. The Morgan fingerprint density at radius 1 is 1.12 bits per heavy atom. The van der Waals surface area contributed by atoms with Crippen molar-refractivity contribution in [3.63, 3.8) is 0 Å². The Kier molecular flexibility index (Phi) is 2.39. The number of hydrogen-bond donors (Lipinski definition) is 2. The van der Waals surface area contributed by atoms with Crippen LogP contribution in [0, 0.1) is 20.8 Å². The maximum Gasteiger partial charge on any atom is 0.205 e. The lowest BCUT2D eigenvalue weighted by Gasteiger charge is -2.33. The average molecular weight is 222 g/mol. The number of aliphatic hydroxyl groups is 1. The minimum atomic E-state index is -1.09. The van der Waals surface area contributed by atoms with Gasteiger partial charge in [-0.15, -0.1) is 0 Å². The number of ether oxygens (including phenoxy) is 1. The summed E-state index contributed by atoms with van der Waals surface area (Å²) < 4.78 is 5.61. The van der Waals surface area contributed by atoms with Gasteiger partial charge in [-0.25, -0.2) is 0 Å². The second kappa shape index (κ2) is 3.39. The third-order valence-corrected chi connectivity index (χ3v) is 3.50. The summed E-state index contributed by atoms with van der Waals surface area (Å²) in [7, 11) is 0. The zero-order chi connectivity index (χ0) is 12.1. The van der Waals surface area contributed by atoms with Gasteiger partial charge in [-0.3, -0.25) is 0 Å². The fourth-order valence-electron chi connectivity index (χ4n) is 2.24. The molecule has 16 heavy (non-hydrogen) atoms. The topological polar surface area (TPSA) is 49.7 Å². The molecule has 3 heteroatoms. The molecular formula is C13H18O3.